The smallest absolute Gasteiger partial charge is 0.258 e. The maximum Gasteiger partial charge on any atom is 0.258 e. The number of carbonyl (C=O) groups is 1. The first-order valence-corrected chi connectivity index (χ1v) is 6.40. The summed E-state index contributed by atoms with van der Waals surface area (Å²) in [6, 6.07) is 11.3. The molecule has 4 nitrogen and oxygen atoms in total. The molecular weight excluding hydrogens is 240 g/mol. The predicted octanol–water partition coefficient (Wildman–Crippen LogP) is 3.04. The topological polar surface area (TPSA) is 45.5 Å². The molecule has 2 aromatic rings. The van der Waals surface area contributed by atoms with Crippen LogP contribution in [0.15, 0.2) is 47.1 Å². The molecule has 4 heteroatoms. The van der Waals surface area contributed by atoms with E-state index in [0.29, 0.717) is 12.1 Å². The summed E-state index contributed by atoms with van der Waals surface area (Å²) in [4.78, 5) is 14.4. The average Bonchev–Trinajstić information content (AvgIpc) is 2.94. The van der Waals surface area contributed by atoms with Gasteiger partial charge in [-0.2, -0.15) is 0 Å². The molecule has 1 aliphatic rings. The molecule has 3 rings (SSSR count). The van der Waals surface area contributed by atoms with Crippen molar-refractivity contribution < 1.29 is 9.21 Å². The Labute approximate surface area is 112 Å². The normalized spacial score (nSPS) is 22.0. The number of nitrogens with one attached hydrogen (secondary N) is 1. The Balaban J connectivity index is 2.15. The van der Waals surface area contributed by atoms with E-state index in [-0.39, 0.29) is 5.91 Å². The number of fused-ring (bicyclic) bond motifs is 1. The Bertz CT molecular complexity index is 606. The summed E-state index contributed by atoms with van der Waals surface area (Å²) in [7, 11) is 0. The number of anilines is 1. The minimum absolute atomic E-state index is 0.0238. The van der Waals surface area contributed by atoms with Crippen LogP contribution in [0.3, 0.4) is 0 Å². The van der Waals surface area contributed by atoms with Crippen molar-refractivity contribution in [1.29, 1.82) is 0 Å². The van der Waals surface area contributed by atoms with Crippen molar-refractivity contribution >= 4 is 11.6 Å². The molecule has 0 bridgehead atoms. The van der Waals surface area contributed by atoms with E-state index in [9.17, 15) is 4.79 Å². The SMILES string of the molecule is CCN1C(=O)c2ccccc2N[C@]1(C)c1ccco1. The Morgan fingerprint density at radius 1 is 1.26 bits per heavy atom. The number of carbonyl (C=O) groups excluding carboxylic acids is 1. The van der Waals surface area contributed by atoms with Gasteiger partial charge in [-0.25, -0.2) is 0 Å². The second kappa shape index (κ2) is 4.16. The number of hydrogen-bond acceptors (Lipinski definition) is 3. The van der Waals surface area contributed by atoms with Gasteiger partial charge < -0.3 is 14.6 Å². The number of furan rings is 1. The van der Waals surface area contributed by atoms with Crippen LogP contribution >= 0.6 is 0 Å². The molecule has 0 radical (unpaired) electrons. The Morgan fingerprint density at radius 3 is 2.74 bits per heavy atom. The van der Waals surface area contributed by atoms with Gasteiger partial charge in [0, 0.05) is 12.2 Å². The number of para-hydroxylation sites is 1. The fraction of sp³-hybridized carbons (Fsp3) is 0.267. The van der Waals surface area contributed by atoms with E-state index < -0.39 is 5.66 Å². The lowest BCUT2D eigenvalue weighted by Gasteiger charge is -2.44. The van der Waals surface area contributed by atoms with Crippen LogP contribution < -0.4 is 5.32 Å². The van der Waals surface area contributed by atoms with E-state index in [0.717, 1.165) is 11.4 Å². The van der Waals surface area contributed by atoms with Crippen LogP contribution in [0.5, 0.6) is 0 Å². The first-order chi connectivity index (χ1) is 9.16. The van der Waals surface area contributed by atoms with Gasteiger partial charge in [0.05, 0.1) is 11.8 Å². The molecule has 1 N–H and O–H groups in total. The van der Waals surface area contributed by atoms with Crippen LogP contribution in [0.4, 0.5) is 5.69 Å². The van der Waals surface area contributed by atoms with Gasteiger partial charge >= 0.3 is 0 Å². The molecule has 0 unspecified atom stereocenters. The Hall–Kier alpha value is -2.23. The molecule has 0 saturated carbocycles. The van der Waals surface area contributed by atoms with E-state index in [2.05, 4.69) is 5.32 Å². The summed E-state index contributed by atoms with van der Waals surface area (Å²) in [5, 5.41) is 3.42. The standard InChI is InChI=1S/C15H16N2O2/c1-3-17-14(18)11-7-4-5-8-12(11)16-15(17,2)13-9-6-10-19-13/h4-10,16H,3H2,1-2H3/t15-/m0/s1. The number of rotatable bonds is 2. The lowest BCUT2D eigenvalue weighted by Crippen LogP contribution is -2.55. The summed E-state index contributed by atoms with van der Waals surface area (Å²) < 4.78 is 5.52. The summed E-state index contributed by atoms with van der Waals surface area (Å²) in [6.45, 7) is 4.54. The molecule has 19 heavy (non-hydrogen) atoms. The molecule has 1 aromatic carbocycles. The molecule has 1 atom stereocenters. The highest BCUT2D eigenvalue weighted by molar-refractivity contribution is 6.02. The van der Waals surface area contributed by atoms with Crippen LogP contribution in [0, 0.1) is 0 Å². The van der Waals surface area contributed by atoms with Crippen molar-refractivity contribution in [3.8, 4) is 0 Å². The Morgan fingerprint density at radius 2 is 2.05 bits per heavy atom. The van der Waals surface area contributed by atoms with Gasteiger partial charge in [0.15, 0.2) is 5.66 Å². The van der Waals surface area contributed by atoms with E-state index in [4.69, 9.17) is 4.42 Å². The third-order valence-corrected chi connectivity index (χ3v) is 3.64. The highest BCUT2D eigenvalue weighted by Crippen LogP contribution is 2.37. The number of benzene rings is 1. The van der Waals surface area contributed by atoms with Crippen molar-refractivity contribution in [1.82, 2.24) is 4.90 Å². The molecule has 0 saturated heterocycles. The third-order valence-electron chi connectivity index (χ3n) is 3.64. The monoisotopic (exact) mass is 256 g/mol. The van der Waals surface area contributed by atoms with Crippen molar-refractivity contribution in [2.24, 2.45) is 0 Å². The molecule has 1 amide bonds. The summed E-state index contributed by atoms with van der Waals surface area (Å²) in [5.74, 6) is 0.757. The minimum atomic E-state index is -0.649. The molecule has 0 aliphatic carbocycles. The second-order valence-corrected chi connectivity index (χ2v) is 4.77. The van der Waals surface area contributed by atoms with Crippen LogP contribution in [0.25, 0.3) is 0 Å². The molecule has 0 spiro atoms. The van der Waals surface area contributed by atoms with Crippen molar-refractivity contribution in [2.45, 2.75) is 19.5 Å². The van der Waals surface area contributed by atoms with Crippen LogP contribution in [-0.2, 0) is 5.66 Å². The maximum atomic E-state index is 12.6. The van der Waals surface area contributed by atoms with E-state index in [1.165, 1.54) is 0 Å². The lowest BCUT2D eigenvalue weighted by molar-refractivity contribution is 0.0505. The van der Waals surface area contributed by atoms with E-state index >= 15 is 0 Å². The van der Waals surface area contributed by atoms with E-state index in [1.807, 2.05) is 50.2 Å². The highest BCUT2D eigenvalue weighted by atomic mass is 16.3. The zero-order valence-corrected chi connectivity index (χ0v) is 11.0. The van der Waals surface area contributed by atoms with Gasteiger partial charge in [0.25, 0.3) is 5.91 Å². The highest BCUT2D eigenvalue weighted by Gasteiger charge is 2.43. The first kappa shape index (κ1) is 11.8. The quantitative estimate of drug-likeness (QED) is 0.898. The predicted molar refractivity (Wildman–Crippen MR) is 72.8 cm³/mol. The molecular formula is C15H16N2O2. The summed E-state index contributed by atoms with van der Waals surface area (Å²) in [6.07, 6.45) is 1.63. The maximum absolute atomic E-state index is 12.6. The fourth-order valence-corrected chi connectivity index (χ4v) is 2.67. The van der Waals surface area contributed by atoms with Crippen molar-refractivity contribution in [2.75, 3.05) is 11.9 Å². The summed E-state index contributed by atoms with van der Waals surface area (Å²) in [5.41, 5.74) is 0.897. The number of nitrogens with zero attached hydrogens (tertiary/aromatic N) is 1. The van der Waals surface area contributed by atoms with Crippen molar-refractivity contribution in [3.63, 3.8) is 0 Å². The zero-order chi connectivity index (χ0) is 13.5. The molecule has 2 heterocycles. The lowest BCUT2D eigenvalue weighted by atomic mass is 9.98. The van der Waals surface area contributed by atoms with Gasteiger partial charge in [-0.3, -0.25) is 4.79 Å². The second-order valence-electron chi connectivity index (χ2n) is 4.77. The van der Waals surface area contributed by atoms with Crippen LogP contribution in [-0.4, -0.2) is 17.4 Å². The third kappa shape index (κ3) is 1.63. The Kier molecular flexibility index (Phi) is 2.59. The minimum Gasteiger partial charge on any atom is -0.465 e. The fourth-order valence-electron chi connectivity index (χ4n) is 2.67. The van der Waals surface area contributed by atoms with Gasteiger partial charge in [0.2, 0.25) is 0 Å². The van der Waals surface area contributed by atoms with Crippen LogP contribution in [0.2, 0.25) is 0 Å². The molecule has 1 aromatic heterocycles. The van der Waals surface area contributed by atoms with Gasteiger partial charge in [-0.1, -0.05) is 12.1 Å². The average molecular weight is 256 g/mol. The molecule has 98 valence electrons. The van der Waals surface area contributed by atoms with Gasteiger partial charge in [-0.15, -0.1) is 0 Å². The van der Waals surface area contributed by atoms with Crippen molar-refractivity contribution in [3.05, 3.63) is 54.0 Å². The van der Waals surface area contributed by atoms with E-state index in [1.54, 1.807) is 11.2 Å². The number of amides is 1. The van der Waals surface area contributed by atoms with Crippen LogP contribution in [0.1, 0.15) is 30.0 Å². The number of hydrogen-bond donors (Lipinski definition) is 1. The summed E-state index contributed by atoms with van der Waals surface area (Å²) >= 11 is 0. The van der Waals surface area contributed by atoms with Gasteiger partial charge in [-0.05, 0) is 38.1 Å². The zero-order valence-electron chi connectivity index (χ0n) is 11.0. The molecule has 0 fully saturated rings. The molecule has 1 aliphatic heterocycles. The largest absolute Gasteiger partial charge is 0.465 e. The first-order valence-electron chi connectivity index (χ1n) is 6.40. The van der Waals surface area contributed by atoms with Gasteiger partial charge in [0.1, 0.15) is 5.76 Å².